The smallest absolute Gasteiger partial charge is 0.0564 e. The number of aliphatic hydroxyl groups excluding tert-OH is 1. The Hall–Kier alpha value is 0.270. The minimum Gasteiger partial charge on any atom is -0.393 e. The van der Waals surface area contributed by atoms with E-state index in [0.717, 1.165) is 31.7 Å². The molecule has 1 aliphatic carbocycles. The van der Waals surface area contributed by atoms with Gasteiger partial charge < -0.3 is 10.0 Å². The summed E-state index contributed by atoms with van der Waals surface area (Å²) in [5, 5.41) is 9.56. The third kappa shape index (κ3) is 3.87. The summed E-state index contributed by atoms with van der Waals surface area (Å²) >= 11 is 4.64. The highest BCUT2D eigenvalue weighted by molar-refractivity contribution is 7.80. The van der Waals surface area contributed by atoms with Crippen molar-refractivity contribution in [3.05, 3.63) is 0 Å². The molecule has 2 rings (SSSR count). The summed E-state index contributed by atoms with van der Waals surface area (Å²) in [6, 6.07) is 0. The summed E-state index contributed by atoms with van der Waals surface area (Å²) < 4.78 is 0. The molecule has 2 nitrogen and oxygen atoms in total. The highest BCUT2D eigenvalue weighted by Crippen LogP contribution is 2.37. The Labute approximate surface area is 111 Å². The summed E-state index contributed by atoms with van der Waals surface area (Å²) in [4.78, 5) is 2.56. The Morgan fingerprint density at radius 1 is 1.06 bits per heavy atom. The number of likely N-dealkylation sites (tertiary alicyclic amines) is 1. The molecule has 0 unspecified atom stereocenters. The van der Waals surface area contributed by atoms with Gasteiger partial charge in [0.1, 0.15) is 0 Å². The van der Waals surface area contributed by atoms with E-state index in [2.05, 4.69) is 17.5 Å². The minimum atomic E-state index is -0.0488. The molecule has 1 aliphatic heterocycles. The van der Waals surface area contributed by atoms with Gasteiger partial charge in [-0.05, 0) is 36.9 Å². The molecule has 0 atom stereocenters. The fraction of sp³-hybridized carbons (Fsp3) is 1.00. The molecular formula is C14H27NOS. The van der Waals surface area contributed by atoms with Crippen molar-refractivity contribution in [2.45, 2.75) is 57.5 Å². The lowest BCUT2D eigenvalue weighted by molar-refractivity contribution is 0.0572. The summed E-state index contributed by atoms with van der Waals surface area (Å²) in [6.07, 6.45) is 10.2. The summed E-state index contributed by atoms with van der Waals surface area (Å²) in [5.74, 6) is 1.03. The number of piperidine rings is 1. The second-order valence-electron chi connectivity index (χ2n) is 6.08. The molecular weight excluding hydrogens is 230 g/mol. The van der Waals surface area contributed by atoms with Gasteiger partial charge in [0.25, 0.3) is 0 Å². The number of aliphatic hydroxyl groups is 1. The van der Waals surface area contributed by atoms with Crippen LogP contribution in [0.3, 0.4) is 0 Å². The molecule has 0 amide bonds. The first-order valence-electron chi connectivity index (χ1n) is 7.25. The third-order valence-electron chi connectivity index (χ3n) is 4.62. The molecule has 17 heavy (non-hydrogen) atoms. The first-order valence-corrected chi connectivity index (χ1v) is 7.89. The zero-order valence-corrected chi connectivity index (χ0v) is 11.8. The minimum absolute atomic E-state index is 0.0488. The van der Waals surface area contributed by atoms with Crippen LogP contribution in [0, 0.1) is 5.41 Å². The fourth-order valence-electron chi connectivity index (χ4n) is 3.40. The Kier molecular flexibility index (Phi) is 5.19. The van der Waals surface area contributed by atoms with Crippen LogP contribution >= 0.6 is 12.6 Å². The molecule has 1 N–H and O–H groups in total. The number of thiol groups is 1. The predicted molar refractivity (Wildman–Crippen MR) is 75.7 cm³/mol. The maximum absolute atomic E-state index is 9.56. The lowest BCUT2D eigenvalue weighted by Gasteiger charge is -2.39. The Bertz CT molecular complexity index is 218. The summed E-state index contributed by atoms with van der Waals surface area (Å²) in [5.41, 5.74) is 0.460. The third-order valence-corrected chi connectivity index (χ3v) is 5.29. The van der Waals surface area contributed by atoms with E-state index < -0.39 is 0 Å². The molecule has 3 heteroatoms. The van der Waals surface area contributed by atoms with Gasteiger partial charge in [-0.3, -0.25) is 0 Å². The van der Waals surface area contributed by atoms with Crippen LogP contribution in [0.4, 0.5) is 0 Å². The number of hydrogen-bond donors (Lipinski definition) is 2. The maximum Gasteiger partial charge on any atom is 0.0564 e. The van der Waals surface area contributed by atoms with Gasteiger partial charge in [-0.25, -0.2) is 0 Å². The molecule has 0 aromatic heterocycles. The van der Waals surface area contributed by atoms with Gasteiger partial charge in [-0.2, -0.15) is 12.6 Å². The molecule has 0 bridgehead atoms. The molecule has 1 saturated carbocycles. The van der Waals surface area contributed by atoms with E-state index >= 15 is 0 Å². The standard InChI is InChI=1S/C14H27NOS/c16-13-5-9-15(10-6-13)11-14(12-17)7-3-1-2-4-8-14/h13,16-17H,1-12H2. The lowest BCUT2D eigenvalue weighted by atomic mass is 9.81. The Morgan fingerprint density at radius 3 is 2.18 bits per heavy atom. The Balaban J connectivity index is 1.89. The largest absolute Gasteiger partial charge is 0.393 e. The quantitative estimate of drug-likeness (QED) is 0.600. The first kappa shape index (κ1) is 13.7. The van der Waals surface area contributed by atoms with Crippen molar-refractivity contribution in [3.8, 4) is 0 Å². The van der Waals surface area contributed by atoms with E-state index in [0.29, 0.717) is 5.41 Å². The van der Waals surface area contributed by atoms with E-state index in [1.807, 2.05) is 0 Å². The molecule has 2 aliphatic rings. The number of nitrogens with zero attached hydrogens (tertiary/aromatic N) is 1. The van der Waals surface area contributed by atoms with Crippen LogP contribution in [0.2, 0.25) is 0 Å². The van der Waals surface area contributed by atoms with Crippen molar-refractivity contribution in [2.75, 3.05) is 25.4 Å². The van der Waals surface area contributed by atoms with Crippen molar-refractivity contribution in [1.82, 2.24) is 4.90 Å². The van der Waals surface area contributed by atoms with E-state index in [1.54, 1.807) is 0 Å². The summed E-state index contributed by atoms with van der Waals surface area (Å²) in [7, 11) is 0. The van der Waals surface area contributed by atoms with E-state index in [9.17, 15) is 5.11 Å². The van der Waals surface area contributed by atoms with Gasteiger partial charge in [0, 0.05) is 19.6 Å². The fourth-order valence-corrected chi connectivity index (χ4v) is 3.81. The van der Waals surface area contributed by atoms with Gasteiger partial charge in [0.15, 0.2) is 0 Å². The second-order valence-corrected chi connectivity index (χ2v) is 6.40. The summed E-state index contributed by atoms with van der Waals surface area (Å²) in [6.45, 7) is 3.37. The first-order chi connectivity index (χ1) is 8.24. The van der Waals surface area contributed by atoms with Crippen LogP contribution in [0.5, 0.6) is 0 Å². The molecule has 1 heterocycles. The van der Waals surface area contributed by atoms with Crippen molar-refractivity contribution >= 4 is 12.6 Å². The van der Waals surface area contributed by atoms with Crippen LogP contribution in [-0.4, -0.2) is 41.5 Å². The molecule has 2 fully saturated rings. The zero-order valence-electron chi connectivity index (χ0n) is 10.9. The molecule has 100 valence electrons. The lowest BCUT2D eigenvalue weighted by Crippen LogP contribution is -2.44. The van der Waals surface area contributed by atoms with E-state index in [-0.39, 0.29) is 6.10 Å². The second kappa shape index (κ2) is 6.44. The van der Waals surface area contributed by atoms with Crippen molar-refractivity contribution in [2.24, 2.45) is 5.41 Å². The molecule has 0 aromatic rings. The van der Waals surface area contributed by atoms with Gasteiger partial charge in [0.2, 0.25) is 0 Å². The molecule has 0 radical (unpaired) electrons. The monoisotopic (exact) mass is 257 g/mol. The van der Waals surface area contributed by atoms with Crippen LogP contribution in [-0.2, 0) is 0 Å². The van der Waals surface area contributed by atoms with Gasteiger partial charge in [-0.15, -0.1) is 0 Å². The van der Waals surface area contributed by atoms with Crippen molar-refractivity contribution < 1.29 is 5.11 Å². The number of hydrogen-bond acceptors (Lipinski definition) is 3. The SMILES string of the molecule is OC1CCN(CC2(CS)CCCCCC2)CC1. The highest BCUT2D eigenvalue weighted by Gasteiger charge is 2.32. The van der Waals surface area contributed by atoms with E-state index in [1.165, 1.54) is 45.1 Å². The number of rotatable bonds is 3. The van der Waals surface area contributed by atoms with Crippen LogP contribution in [0.15, 0.2) is 0 Å². The zero-order chi connectivity index (χ0) is 12.1. The van der Waals surface area contributed by atoms with E-state index in [4.69, 9.17) is 0 Å². The van der Waals surface area contributed by atoms with Crippen LogP contribution in [0.1, 0.15) is 51.4 Å². The average molecular weight is 257 g/mol. The maximum atomic E-state index is 9.56. The average Bonchev–Trinajstić information content (AvgIpc) is 2.58. The van der Waals surface area contributed by atoms with Crippen LogP contribution < -0.4 is 0 Å². The van der Waals surface area contributed by atoms with Crippen molar-refractivity contribution in [1.29, 1.82) is 0 Å². The molecule has 0 spiro atoms. The predicted octanol–water partition coefficient (Wildman–Crippen LogP) is 2.71. The normalized spacial score (nSPS) is 27.9. The highest BCUT2D eigenvalue weighted by atomic mass is 32.1. The van der Waals surface area contributed by atoms with Gasteiger partial charge >= 0.3 is 0 Å². The van der Waals surface area contributed by atoms with Crippen molar-refractivity contribution in [3.63, 3.8) is 0 Å². The topological polar surface area (TPSA) is 23.5 Å². The molecule has 1 saturated heterocycles. The Morgan fingerprint density at radius 2 is 1.65 bits per heavy atom. The van der Waals surface area contributed by atoms with Crippen LogP contribution in [0.25, 0.3) is 0 Å². The van der Waals surface area contributed by atoms with Gasteiger partial charge in [-0.1, -0.05) is 25.7 Å². The molecule has 0 aromatic carbocycles. The van der Waals surface area contributed by atoms with Gasteiger partial charge in [0.05, 0.1) is 6.10 Å².